The van der Waals surface area contributed by atoms with Crippen molar-refractivity contribution in [1.82, 2.24) is 9.88 Å². The monoisotopic (exact) mass is 308 g/mol. The number of hydrogen-bond acceptors (Lipinski definition) is 3. The molecule has 0 bridgehead atoms. The molecule has 1 aromatic heterocycles. The van der Waals surface area contributed by atoms with Crippen molar-refractivity contribution in [2.24, 2.45) is 10.9 Å². The van der Waals surface area contributed by atoms with Gasteiger partial charge >= 0.3 is 6.03 Å². The third-order valence-corrected chi connectivity index (χ3v) is 3.67. The number of hydrogen-bond donors (Lipinski definition) is 1. The Kier molecular flexibility index (Phi) is 2.62. The molecular weight excluding hydrogens is 296 g/mol. The van der Waals surface area contributed by atoms with Crippen molar-refractivity contribution in [2.75, 3.05) is 11.9 Å². The number of rotatable bonds is 1. The molecule has 0 saturated heterocycles. The number of nitrogens with one attached hydrogen (secondary N) is 1. The van der Waals surface area contributed by atoms with Crippen LogP contribution in [-0.2, 0) is 0 Å². The van der Waals surface area contributed by atoms with Crippen LogP contribution in [0.5, 0.6) is 0 Å². The third-order valence-electron chi connectivity index (χ3n) is 3.24. The van der Waals surface area contributed by atoms with E-state index in [1.165, 1.54) is 0 Å². The topological polar surface area (TPSA) is 57.6 Å². The maximum atomic E-state index is 12.0. The summed E-state index contributed by atoms with van der Waals surface area (Å²) in [6, 6.07) is 1.88. The maximum Gasteiger partial charge on any atom is 0.327 e. The molecule has 3 rings (SSSR count). The zero-order valence-electron chi connectivity index (χ0n) is 10.1. The van der Waals surface area contributed by atoms with Gasteiger partial charge in [0.15, 0.2) is 5.84 Å². The van der Waals surface area contributed by atoms with Gasteiger partial charge in [-0.05, 0) is 27.9 Å². The summed E-state index contributed by atoms with van der Waals surface area (Å²) in [7, 11) is 0. The predicted molar refractivity (Wildman–Crippen MR) is 72.8 cm³/mol. The Morgan fingerprint density at radius 1 is 1.56 bits per heavy atom. The van der Waals surface area contributed by atoms with Crippen LogP contribution in [0.15, 0.2) is 21.7 Å². The number of aliphatic imine (C=N–C) groups is 1. The number of nitrogens with zero attached hydrogens (tertiary/aromatic N) is 3. The molecule has 3 heterocycles. The lowest BCUT2D eigenvalue weighted by Gasteiger charge is -2.26. The zero-order chi connectivity index (χ0) is 12.9. The molecule has 1 atom stereocenters. The fourth-order valence-electron chi connectivity index (χ4n) is 2.16. The van der Waals surface area contributed by atoms with Crippen molar-refractivity contribution >= 4 is 33.5 Å². The van der Waals surface area contributed by atoms with Gasteiger partial charge in [0.1, 0.15) is 5.69 Å². The molecule has 94 valence electrons. The summed E-state index contributed by atoms with van der Waals surface area (Å²) in [4.78, 5) is 22.7. The Morgan fingerprint density at radius 2 is 2.33 bits per heavy atom. The Hall–Kier alpha value is -1.43. The summed E-state index contributed by atoms with van der Waals surface area (Å²) in [5.41, 5.74) is 1.47. The van der Waals surface area contributed by atoms with E-state index in [-0.39, 0.29) is 12.1 Å². The number of pyridine rings is 1. The average molecular weight is 309 g/mol. The van der Waals surface area contributed by atoms with E-state index in [0.717, 1.165) is 10.2 Å². The number of amides is 2. The first-order chi connectivity index (χ1) is 8.56. The summed E-state index contributed by atoms with van der Waals surface area (Å²) in [6.07, 6.45) is 1.72. The smallest absolute Gasteiger partial charge is 0.305 e. The highest BCUT2D eigenvalue weighted by Crippen LogP contribution is 2.29. The minimum absolute atomic E-state index is 0.121. The Labute approximate surface area is 113 Å². The van der Waals surface area contributed by atoms with Crippen LogP contribution in [0.4, 0.5) is 10.5 Å². The number of halogens is 1. The van der Waals surface area contributed by atoms with E-state index < -0.39 is 0 Å². The first-order valence-electron chi connectivity index (χ1n) is 5.88. The lowest BCUT2D eigenvalue weighted by atomic mass is 10.1. The molecular formula is C12H13BrN4O. The van der Waals surface area contributed by atoms with Gasteiger partial charge in [-0.1, -0.05) is 13.8 Å². The predicted octanol–water partition coefficient (Wildman–Crippen LogP) is 2.48. The second kappa shape index (κ2) is 4.05. The number of anilines is 1. The molecule has 0 aliphatic carbocycles. The SMILES string of the molecule is CC(C)C1CN2C(=O)Nc3cc(Br)cnc3C2=N1. The number of urea groups is 1. The number of carbonyl (C=O) groups is 1. The highest BCUT2D eigenvalue weighted by Gasteiger charge is 2.37. The molecule has 5 nitrogen and oxygen atoms in total. The van der Waals surface area contributed by atoms with Gasteiger partial charge in [-0.15, -0.1) is 0 Å². The highest BCUT2D eigenvalue weighted by molar-refractivity contribution is 9.10. The summed E-state index contributed by atoms with van der Waals surface area (Å²) in [5, 5.41) is 2.85. The van der Waals surface area contributed by atoms with Crippen LogP contribution in [0.3, 0.4) is 0 Å². The van der Waals surface area contributed by atoms with Gasteiger partial charge in [0.2, 0.25) is 0 Å². The van der Waals surface area contributed by atoms with Crippen LogP contribution in [0, 0.1) is 5.92 Å². The van der Waals surface area contributed by atoms with Gasteiger partial charge in [-0.25, -0.2) is 9.78 Å². The number of aromatic nitrogens is 1. The summed E-state index contributed by atoms with van der Waals surface area (Å²) in [5.74, 6) is 1.11. The normalized spacial score (nSPS) is 21.6. The minimum Gasteiger partial charge on any atom is -0.305 e. The van der Waals surface area contributed by atoms with Crippen molar-refractivity contribution in [3.8, 4) is 0 Å². The van der Waals surface area contributed by atoms with Crippen LogP contribution in [0.2, 0.25) is 0 Å². The Balaban J connectivity index is 2.09. The molecule has 1 aromatic rings. The van der Waals surface area contributed by atoms with E-state index >= 15 is 0 Å². The molecule has 2 aliphatic rings. The van der Waals surface area contributed by atoms with Crippen LogP contribution < -0.4 is 5.32 Å². The van der Waals surface area contributed by atoms with Gasteiger partial charge in [0.25, 0.3) is 0 Å². The largest absolute Gasteiger partial charge is 0.327 e. The highest BCUT2D eigenvalue weighted by atomic mass is 79.9. The summed E-state index contributed by atoms with van der Waals surface area (Å²) in [6.45, 7) is 4.86. The van der Waals surface area contributed by atoms with Crippen LogP contribution in [0.25, 0.3) is 0 Å². The minimum atomic E-state index is -0.121. The van der Waals surface area contributed by atoms with Crippen molar-refractivity contribution in [3.63, 3.8) is 0 Å². The standard InChI is InChI=1S/C12H13BrN4O/c1-6(2)9-5-17-11(15-9)10-8(16-12(17)18)3-7(13)4-14-10/h3-4,6,9H,5H2,1-2H3,(H,16,18). The van der Waals surface area contributed by atoms with Crippen molar-refractivity contribution in [3.05, 3.63) is 22.4 Å². The van der Waals surface area contributed by atoms with Crippen molar-refractivity contribution < 1.29 is 4.79 Å². The lowest BCUT2D eigenvalue weighted by Crippen LogP contribution is -2.43. The molecule has 1 unspecified atom stereocenters. The zero-order valence-corrected chi connectivity index (χ0v) is 11.7. The number of amidine groups is 1. The third kappa shape index (κ3) is 1.71. The quantitative estimate of drug-likeness (QED) is 0.866. The van der Waals surface area contributed by atoms with Crippen molar-refractivity contribution in [2.45, 2.75) is 19.9 Å². The second-order valence-electron chi connectivity index (χ2n) is 4.85. The van der Waals surface area contributed by atoms with Gasteiger partial charge in [-0.3, -0.25) is 9.89 Å². The molecule has 0 radical (unpaired) electrons. The van der Waals surface area contributed by atoms with Crippen LogP contribution >= 0.6 is 15.9 Å². The second-order valence-corrected chi connectivity index (χ2v) is 5.77. The summed E-state index contributed by atoms with van der Waals surface area (Å²) >= 11 is 3.35. The first-order valence-corrected chi connectivity index (χ1v) is 6.68. The van der Waals surface area contributed by atoms with Gasteiger partial charge in [0.05, 0.1) is 18.3 Å². The van der Waals surface area contributed by atoms with Crippen molar-refractivity contribution in [1.29, 1.82) is 0 Å². The molecule has 2 aliphatic heterocycles. The Morgan fingerprint density at radius 3 is 3.06 bits per heavy atom. The van der Waals surface area contributed by atoms with Crippen LogP contribution in [0.1, 0.15) is 19.5 Å². The molecule has 0 aromatic carbocycles. The van der Waals surface area contributed by atoms with Gasteiger partial charge in [-0.2, -0.15) is 0 Å². The van der Waals surface area contributed by atoms with E-state index in [2.05, 4.69) is 45.1 Å². The van der Waals surface area contributed by atoms with E-state index in [1.54, 1.807) is 11.1 Å². The fourth-order valence-corrected chi connectivity index (χ4v) is 2.50. The number of fused-ring (bicyclic) bond motifs is 3. The number of carbonyl (C=O) groups excluding carboxylic acids is 1. The lowest BCUT2D eigenvalue weighted by molar-refractivity contribution is 0.232. The molecule has 0 spiro atoms. The van der Waals surface area contributed by atoms with E-state index in [0.29, 0.717) is 24.0 Å². The molecule has 2 amide bonds. The van der Waals surface area contributed by atoms with E-state index in [1.807, 2.05) is 6.07 Å². The van der Waals surface area contributed by atoms with E-state index in [9.17, 15) is 4.79 Å². The molecule has 6 heteroatoms. The molecule has 18 heavy (non-hydrogen) atoms. The van der Waals surface area contributed by atoms with Gasteiger partial charge in [0, 0.05) is 10.7 Å². The molecule has 1 N–H and O–H groups in total. The molecule has 0 fully saturated rings. The van der Waals surface area contributed by atoms with Gasteiger partial charge < -0.3 is 5.32 Å². The fraction of sp³-hybridized carbons (Fsp3) is 0.417. The molecule has 0 saturated carbocycles. The van der Waals surface area contributed by atoms with E-state index in [4.69, 9.17) is 0 Å². The van der Waals surface area contributed by atoms with Crippen LogP contribution in [-0.4, -0.2) is 34.3 Å². The first kappa shape index (κ1) is 11.6. The average Bonchev–Trinajstić information content (AvgIpc) is 2.74. The maximum absolute atomic E-state index is 12.0. The summed E-state index contributed by atoms with van der Waals surface area (Å²) < 4.78 is 0.842. The Bertz CT molecular complexity index is 555.